The summed E-state index contributed by atoms with van der Waals surface area (Å²) in [6.07, 6.45) is 9.67. The normalized spacial score (nSPS) is 14.3. The van der Waals surface area contributed by atoms with Crippen molar-refractivity contribution in [3.63, 3.8) is 0 Å². The lowest BCUT2D eigenvalue weighted by molar-refractivity contribution is 0.521. The molecule has 0 bridgehead atoms. The predicted octanol–water partition coefficient (Wildman–Crippen LogP) is 3.78. The molecule has 10 heavy (non-hydrogen) atoms. The lowest BCUT2D eigenvalue weighted by atomic mass is 10.0. The van der Waals surface area contributed by atoms with Crippen LogP contribution in [-0.2, 0) is 0 Å². The van der Waals surface area contributed by atoms with Crippen LogP contribution >= 0.6 is 0 Å². The van der Waals surface area contributed by atoms with Crippen molar-refractivity contribution < 1.29 is 0 Å². The molecular formula is C10H20. The molecule has 0 aliphatic heterocycles. The van der Waals surface area contributed by atoms with Gasteiger partial charge in [0.1, 0.15) is 0 Å². The topological polar surface area (TPSA) is 0 Å². The SMILES string of the molecule is CCC=CCCC(C)CC. The Balaban J connectivity index is 3.10. The third-order valence-corrected chi connectivity index (χ3v) is 1.93. The first-order valence-corrected chi connectivity index (χ1v) is 4.46. The summed E-state index contributed by atoms with van der Waals surface area (Å²) in [5.41, 5.74) is 0. The third kappa shape index (κ3) is 5.87. The van der Waals surface area contributed by atoms with Gasteiger partial charge in [0.25, 0.3) is 0 Å². The fourth-order valence-corrected chi connectivity index (χ4v) is 0.869. The Morgan fingerprint density at radius 1 is 1.20 bits per heavy atom. The molecule has 0 aromatic carbocycles. The van der Waals surface area contributed by atoms with E-state index in [9.17, 15) is 0 Å². The highest BCUT2D eigenvalue weighted by Gasteiger charge is 1.94. The molecule has 0 aliphatic carbocycles. The van der Waals surface area contributed by atoms with Gasteiger partial charge in [-0.1, -0.05) is 39.3 Å². The summed E-state index contributed by atoms with van der Waals surface area (Å²) in [7, 11) is 0. The summed E-state index contributed by atoms with van der Waals surface area (Å²) >= 11 is 0. The van der Waals surface area contributed by atoms with E-state index in [0.717, 1.165) is 5.92 Å². The van der Waals surface area contributed by atoms with Crippen LogP contribution in [0.25, 0.3) is 0 Å². The molecular weight excluding hydrogens is 120 g/mol. The average molecular weight is 140 g/mol. The Kier molecular flexibility index (Phi) is 6.68. The number of rotatable bonds is 5. The monoisotopic (exact) mass is 140 g/mol. The lowest BCUT2D eigenvalue weighted by Gasteiger charge is -2.03. The van der Waals surface area contributed by atoms with Gasteiger partial charge in [-0.25, -0.2) is 0 Å². The van der Waals surface area contributed by atoms with Gasteiger partial charge in [-0.2, -0.15) is 0 Å². The Labute approximate surface area is 65.3 Å². The molecule has 0 heterocycles. The van der Waals surface area contributed by atoms with Crippen LogP contribution in [0.2, 0.25) is 0 Å². The molecule has 0 N–H and O–H groups in total. The van der Waals surface area contributed by atoms with Crippen LogP contribution in [0.4, 0.5) is 0 Å². The zero-order valence-electron chi connectivity index (χ0n) is 7.56. The van der Waals surface area contributed by atoms with Gasteiger partial charge in [0.2, 0.25) is 0 Å². The first kappa shape index (κ1) is 9.74. The van der Waals surface area contributed by atoms with E-state index in [4.69, 9.17) is 0 Å². The molecule has 0 spiro atoms. The average Bonchev–Trinajstić information content (AvgIpc) is 1.98. The molecule has 0 radical (unpaired) electrons. The number of hydrogen-bond donors (Lipinski definition) is 0. The minimum Gasteiger partial charge on any atom is -0.0888 e. The summed E-state index contributed by atoms with van der Waals surface area (Å²) in [4.78, 5) is 0. The Morgan fingerprint density at radius 3 is 2.40 bits per heavy atom. The number of allylic oxidation sites excluding steroid dienone is 2. The first-order chi connectivity index (χ1) is 4.81. The molecule has 0 aromatic heterocycles. The van der Waals surface area contributed by atoms with Crippen molar-refractivity contribution in [2.24, 2.45) is 5.92 Å². The van der Waals surface area contributed by atoms with Crippen LogP contribution in [0.5, 0.6) is 0 Å². The van der Waals surface area contributed by atoms with Crippen molar-refractivity contribution in [2.45, 2.75) is 46.5 Å². The highest BCUT2D eigenvalue weighted by Crippen LogP contribution is 2.09. The van der Waals surface area contributed by atoms with Crippen molar-refractivity contribution in [2.75, 3.05) is 0 Å². The van der Waals surface area contributed by atoms with Gasteiger partial charge in [0.05, 0.1) is 0 Å². The summed E-state index contributed by atoms with van der Waals surface area (Å²) in [6.45, 7) is 6.76. The van der Waals surface area contributed by atoms with E-state index >= 15 is 0 Å². The van der Waals surface area contributed by atoms with E-state index in [1.165, 1.54) is 25.7 Å². The van der Waals surface area contributed by atoms with Crippen LogP contribution in [0, 0.1) is 5.92 Å². The quantitative estimate of drug-likeness (QED) is 0.510. The standard InChI is InChI=1S/C10H20/c1-4-6-7-8-9-10(3)5-2/h6-7,10H,4-5,8-9H2,1-3H3. The van der Waals surface area contributed by atoms with E-state index in [1.807, 2.05) is 0 Å². The second kappa shape index (κ2) is 6.85. The number of hydrogen-bond acceptors (Lipinski definition) is 0. The molecule has 0 aromatic rings. The highest BCUT2D eigenvalue weighted by molar-refractivity contribution is 4.80. The van der Waals surface area contributed by atoms with Crippen LogP contribution < -0.4 is 0 Å². The lowest BCUT2D eigenvalue weighted by Crippen LogP contribution is -1.89. The second-order valence-electron chi connectivity index (χ2n) is 2.97. The van der Waals surface area contributed by atoms with E-state index in [0.29, 0.717) is 0 Å². The van der Waals surface area contributed by atoms with Crippen LogP contribution in [0.1, 0.15) is 46.5 Å². The Bertz CT molecular complexity index is 82.0. The molecule has 0 heteroatoms. The molecule has 0 fully saturated rings. The fourth-order valence-electron chi connectivity index (χ4n) is 0.869. The first-order valence-electron chi connectivity index (χ1n) is 4.46. The summed E-state index contributed by atoms with van der Waals surface area (Å²) < 4.78 is 0. The smallest absolute Gasteiger partial charge is 0.0348 e. The molecule has 0 nitrogen and oxygen atoms in total. The molecule has 0 saturated heterocycles. The maximum atomic E-state index is 2.32. The molecule has 60 valence electrons. The van der Waals surface area contributed by atoms with Gasteiger partial charge < -0.3 is 0 Å². The minimum atomic E-state index is 0.904. The zero-order valence-corrected chi connectivity index (χ0v) is 7.56. The summed E-state index contributed by atoms with van der Waals surface area (Å²) in [6, 6.07) is 0. The molecule has 0 aliphatic rings. The fraction of sp³-hybridized carbons (Fsp3) is 0.800. The van der Waals surface area contributed by atoms with Gasteiger partial charge in [0.15, 0.2) is 0 Å². The van der Waals surface area contributed by atoms with E-state index in [1.54, 1.807) is 0 Å². The van der Waals surface area contributed by atoms with Gasteiger partial charge in [-0.15, -0.1) is 0 Å². The summed E-state index contributed by atoms with van der Waals surface area (Å²) in [5, 5.41) is 0. The van der Waals surface area contributed by atoms with Crippen LogP contribution in [0.15, 0.2) is 12.2 Å². The van der Waals surface area contributed by atoms with Crippen molar-refractivity contribution in [1.82, 2.24) is 0 Å². The van der Waals surface area contributed by atoms with Crippen LogP contribution in [0.3, 0.4) is 0 Å². The largest absolute Gasteiger partial charge is 0.0888 e. The molecule has 0 saturated carbocycles. The molecule has 1 unspecified atom stereocenters. The molecule has 0 rings (SSSR count). The molecule has 0 amide bonds. The van der Waals surface area contributed by atoms with Crippen LogP contribution in [-0.4, -0.2) is 0 Å². The van der Waals surface area contributed by atoms with Crippen molar-refractivity contribution >= 4 is 0 Å². The summed E-state index contributed by atoms with van der Waals surface area (Å²) in [5.74, 6) is 0.904. The maximum Gasteiger partial charge on any atom is -0.0348 e. The van der Waals surface area contributed by atoms with Crippen molar-refractivity contribution in [3.8, 4) is 0 Å². The zero-order chi connectivity index (χ0) is 7.82. The second-order valence-corrected chi connectivity index (χ2v) is 2.97. The van der Waals surface area contributed by atoms with Crippen molar-refractivity contribution in [1.29, 1.82) is 0 Å². The van der Waals surface area contributed by atoms with Crippen molar-refractivity contribution in [3.05, 3.63) is 12.2 Å². The Hall–Kier alpha value is -0.260. The Morgan fingerprint density at radius 2 is 1.90 bits per heavy atom. The van der Waals surface area contributed by atoms with E-state index < -0.39 is 0 Å². The van der Waals surface area contributed by atoms with E-state index in [-0.39, 0.29) is 0 Å². The van der Waals surface area contributed by atoms with E-state index in [2.05, 4.69) is 32.9 Å². The highest BCUT2D eigenvalue weighted by atomic mass is 14.0. The predicted molar refractivity (Wildman–Crippen MR) is 48.1 cm³/mol. The van der Waals surface area contributed by atoms with Gasteiger partial charge in [-0.3, -0.25) is 0 Å². The maximum absolute atomic E-state index is 2.32. The van der Waals surface area contributed by atoms with Gasteiger partial charge >= 0.3 is 0 Å². The molecule has 1 atom stereocenters. The van der Waals surface area contributed by atoms with Gasteiger partial charge in [0, 0.05) is 0 Å². The third-order valence-electron chi connectivity index (χ3n) is 1.93. The minimum absolute atomic E-state index is 0.904. The van der Waals surface area contributed by atoms with Gasteiger partial charge in [-0.05, 0) is 25.2 Å².